The number of aromatic nitrogens is 2. The second kappa shape index (κ2) is 12.7. The molecule has 8 rings (SSSR count). The first kappa shape index (κ1) is 33.8. The Balaban J connectivity index is 0.938. The first-order chi connectivity index (χ1) is 24.9. The molecule has 5 heterocycles. The van der Waals surface area contributed by atoms with Crippen molar-refractivity contribution in [3.8, 4) is 5.75 Å². The lowest BCUT2D eigenvalue weighted by molar-refractivity contribution is -0.135. The Kier molecular flexibility index (Phi) is 8.26. The number of carbonyl (C=O) groups is 4. The van der Waals surface area contributed by atoms with Crippen molar-refractivity contribution < 1.29 is 41.8 Å². The zero-order chi connectivity index (χ0) is 36.5. The number of rotatable bonds is 7. The number of likely N-dealkylation sites (tertiary alicyclic amines) is 1. The van der Waals surface area contributed by atoms with E-state index in [-0.39, 0.29) is 59.6 Å². The number of nitrogens with one attached hydrogen (secondary N) is 3. The number of nitrogens with zero attached hydrogens (tertiary/aromatic N) is 4. The van der Waals surface area contributed by atoms with E-state index in [4.69, 9.17) is 4.74 Å². The predicted molar refractivity (Wildman–Crippen MR) is 184 cm³/mol. The van der Waals surface area contributed by atoms with Gasteiger partial charge in [-0.05, 0) is 85.6 Å². The Morgan fingerprint density at radius 2 is 1.73 bits per heavy atom. The Bertz CT molecular complexity index is 2360. The zero-order valence-corrected chi connectivity index (χ0v) is 28.4. The predicted octanol–water partition coefficient (Wildman–Crippen LogP) is 1.35. The standard InChI is InChI=1S/C34H34FN7O9S/c35-31-23-3-2-21(11-20(23)13-27(43)32(31)40-15-30(46)38-52(40,49)50)36-29(45)14-39-9-7-18(8-10-39)19-1-4-24-26(12-19)41(22-16-51-17-22)34(48)42(24)25-5-6-28(44)37-33(25)47/h1-4,11-13,18,22,25,43H,5-10,14-17H2,(H,36,45)(H,38,46)(H,37,44,47). The van der Waals surface area contributed by atoms with Crippen LogP contribution in [-0.2, 0) is 34.1 Å². The smallest absolute Gasteiger partial charge is 0.330 e. The van der Waals surface area contributed by atoms with E-state index in [1.807, 2.05) is 23.1 Å². The summed E-state index contributed by atoms with van der Waals surface area (Å²) < 4.78 is 50.7. The van der Waals surface area contributed by atoms with Gasteiger partial charge in [0.15, 0.2) is 5.82 Å². The first-order valence-electron chi connectivity index (χ1n) is 16.9. The molecular weight excluding hydrogens is 701 g/mol. The van der Waals surface area contributed by atoms with Crippen molar-refractivity contribution >= 4 is 67.0 Å². The lowest BCUT2D eigenvalue weighted by atomic mass is 9.89. The second-order valence-corrected chi connectivity index (χ2v) is 15.2. The third-order valence-corrected chi connectivity index (χ3v) is 11.6. The topological polar surface area (TPSA) is 201 Å². The van der Waals surface area contributed by atoms with Gasteiger partial charge >= 0.3 is 15.9 Å². The molecule has 16 nitrogen and oxygen atoms in total. The van der Waals surface area contributed by atoms with Crippen molar-refractivity contribution in [3.63, 3.8) is 0 Å². The molecule has 0 saturated carbocycles. The summed E-state index contributed by atoms with van der Waals surface area (Å²) in [5.41, 5.74) is 1.80. The van der Waals surface area contributed by atoms with E-state index in [9.17, 15) is 37.5 Å². The number of amides is 4. The molecule has 52 heavy (non-hydrogen) atoms. The number of imide groups is 1. The molecule has 0 bridgehead atoms. The molecule has 0 spiro atoms. The minimum atomic E-state index is -4.35. The van der Waals surface area contributed by atoms with E-state index < -0.39 is 51.9 Å². The van der Waals surface area contributed by atoms with Crippen molar-refractivity contribution in [2.24, 2.45) is 0 Å². The monoisotopic (exact) mass is 735 g/mol. The number of benzene rings is 3. The molecule has 4 N–H and O–H groups in total. The van der Waals surface area contributed by atoms with Crippen molar-refractivity contribution in [2.75, 3.05) is 49.0 Å². The van der Waals surface area contributed by atoms with Gasteiger partial charge in [0.2, 0.25) is 17.7 Å². The van der Waals surface area contributed by atoms with Crippen LogP contribution in [0.4, 0.5) is 15.8 Å². The summed E-state index contributed by atoms with van der Waals surface area (Å²) in [7, 11) is -4.35. The Morgan fingerprint density at radius 1 is 0.962 bits per heavy atom. The van der Waals surface area contributed by atoms with Gasteiger partial charge in [0.05, 0.1) is 36.8 Å². The maximum absolute atomic E-state index is 15.4. The fraction of sp³-hybridized carbons (Fsp3) is 0.382. The molecule has 1 aromatic heterocycles. The third kappa shape index (κ3) is 5.85. The van der Waals surface area contributed by atoms with Crippen LogP contribution in [0.5, 0.6) is 5.75 Å². The number of fused-ring (bicyclic) bond motifs is 2. The summed E-state index contributed by atoms with van der Waals surface area (Å²) >= 11 is 0. The number of phenolic OH excluding ortho intramolecular Hbond substituents is 1. The van der Waals surface area contributed by atoms with Crippen LogP contribution in [0.1, 0.15) is 49.2 Å². The number of imidazole rings is 1. The Labute approximate surface area is 295 Å². The maximum Gasteiger partial charge on any atom is 0.330 e. The fourth-order valence-corrected chi connectivity index (χ4v) is 8.76. The molecule has 272 valence electrons. The molecule has 4 fully saturated rings. The van der Waals surface area contributed by atoms with E-state index in [0.717, 1.165) is 23.9 Å². The fourth-order valence-electron chi connectivity index (χ4n) is 7.59. The van der Waals surface area contributed by atoms with E-state index in [0.29, 0.717) is 41.8 Å². The van der Waals surface area contributed by atoms with Crippen LogP contribution in [0.2, 0.25) is 0 Å². The summed E-state index contributed by atoms with van der Waals surface area (Å²) in [5.74, 6) is -3.52. The van der Waals surface area contributed by atoms with Crippen molar-refractivity contribution in [1.29, 1.82) is 0 Å². The van der Waals surface area contributed by atoms with Crippen LogP contribution >= 0.6 is 0 Å². The van der Waals surface area contributed by atoms with Gasteiger partial charge in [-0.1, -0.05) is 6.07 Å². The minimum absolute atomic E-state index is 0.00818. The number of hydrogen-bond donors (Lipinski definition) is 4. The number of hydrogen-bond acceptors (Lipinski definition) is 10. The number of piperidine rings is 2. The van der Waals surface area contributed by atoms with Gasteiger partial charge in [-0.3, -0.25) is 38.5 Å². The third-order valence-electron chi connectivity index (χ3n) is 10.2. The van der Waals surface area contributed by atoms with Crippen molar-refractivity contribution in [2.45, 2.75) is 43.7 Å². The van der Waals surface area contributed by atoms with Crippen LogP contribution in [0.3, 0.4) is 0 Å². The highest BCUT2D eigenvalue weighted by atomic mass is 32.2. The quantitative estimate of drug-likeness (QED) is 0.201. The normalized spacial score (nSPS) is 21.4. The first-order valence-corrected chi connectivity index (χ1v) is 18.3. The van der Waals surface area contributed by atoms with Gasteiger partial charge in [-0.2, -0.15) is 8.42 Å². The number of ether oxygens (including phenoxy) is 1. The van der Waals surface area contributed by atoms with Crippen LogP contribution in [0.15, 0.2) is 47.3 Å². The Hall–Kier alpha value is -5.33. The summed E-state index contributed by atoms with van der Waals surface area (Å²) in [6.45, 7) is 1.49. The minimum Gasteiger partial charge on any atom is -0.506 e. The Morgan fingerprint density at radius 3 is 2.40 bits per heavy atom. The highest BCUT2D eigenvalue weighted by molar-refractivity contribution is 7.92. The maximum atomic E-state index is 15.4. The van der Waals surface area contributed by atoms with E-state index in [2.05, 4.69) is 10.6 Å². The number of anilines is 2. The van der Waals surface area contributed by atoms with Gasteiger partial charge in [0.1, 0.15) is 24.0 Å². The second-order valence-electron chi connectivity index (χ2n) is 13.6. The van der Waals surface area contributed by atoms with Gasteiger partial charge in [-0.15, -0.1) is 0 Å². The molecule has 1 unspecified atom stereocenters. The van der Waals surface area contributed by atoms with Gasteiger partial charge in [0.25, 0.3) is 5.91 Å². The molecular formula is C34H34FN7O9S. The molecule has 4 saturated heterocycles. The van der Waals surface area contributed by atoms with Gasteiger partial charge < -0.3 is 15.2 Å². The molecule has 18 heteroatoms. The largest absolute Gasteiger partial charge is 0.506 e. The van der Waals surface area contributed by atoms with E-state index in [1.54, 1.807) is 9.29 Å². The average molecular weight is 736 g/mol. The van der Waals surface area contributed by atoms with Crippen molar-refractivity contribution in [1.82, 2.24) is 24.1 Å². The highest BCUT2D eigenvalue weighted by Gasteiger charge is 2.38. The highest BCUT2D eigenvalue weighted by Crippen LogP contribution is 2.39. The average Bonchev–Trinajstić information content (AvgIpc) is 3.50. The molecule has 4 aliphatic rings. The van der Waals surface area contributed by atoms with Crippen LogP contribution < -0.4 is 25.4 Å². The van der Waals surface area contributed by atoms with Crippen LogP contribution in [0, 0.1) is 5.82 Å². The van der Waals surface area contributed by atoms with E-state index in [1.165, 1.54) is 28.8 Å². The molecule has 3 aromatic carbocycles. The molecule has 1 atom stereocenters. The van der Waals surface area contributed by atoms with Crippen molar-refractivity contribution in [3.05, 3.63) is 64.3 Å². The van der Waals surface area contributed by atoms with E-state index >= 15 is 4.39 Å². The molecule has 0 aliphatic carbocycles. The SMILES string of the molecule is O=C1CCC(n2c(=O)n(C3COC3)c3cc(C4CCN(CC(=O)Nc5ccc6c(F)c(N7CC(=O)NS7(=O)=O)c(O)cc6c5)CC4)ccc32)C(=O)N1. The van der Waals surface area contributed by atoms with Gasteiger partial charge in [0, 0.05) is 17.5 Å². The van der Waals surface area contributed by atoms with Crippen LogP contribution in [-0.4, -0.2) is 90.6 Å². The van der Waals surface area contributed by atoms with Gasteiger partial charge in [-0.25, -0.2) is 18.2 Å². The number of phenols is 1. The number of carbonyl (C=O) groups excluding carboxylic acids is 4. The molecule has 4 aromatic rings. The van der Waals surface area contributed by atoms with Crippen LogP contribution in [0.25, 0.3) is 21.8 Å². The summed E-state index contributed by atoms with van der Waals surface area (Å²) in [4.78, 5) is 64.9. The summed E-state index contributed by atoms with van der Waals surface area (Å²) in [6, 6.07) is 10.4. The lowest BCUT2D eigenvalue weighted by Gasteiger charge is -2.32. The summed E-state index contributed by atoms with van der Waals surface area (Å²) in [6.07, 6.45) is 1.92. The number of aromatic hydroxyl groups is 1. The number of halogens is 1. The molecule has 4 aliphatic heterocycles. The molecule has 4 amide bonds. The summed E-state index contributed by atoms with van der Waals surface area (Å²) in [5, 5.41) is 15.9. The zero-order valence-electron chi connectivity index (χ0n) is 27.6. The molecule has 0 radical (unpaired) electrons. The lowest BCUT2D eigenvalue weighted by Crippen LogP contribution is -2.45.